The van der Waals surface area contributed by atoms with Crippen molar-refractivity contribution in [3.05, 3.63) is 17.8 Å². The van der Waals surface area contributed by atoms with Crippen LogP contribution in [0.4, 0.5) is 19.0 Å². The number of anilines is 1. The Morgan fingerprint density at radius 1 is 1.43 bits per heavy atom. The van der Waals surface area contributed by atoms with Crippen molar-refractivity contribution in [2.24, 2.45) is 0 Å². The molecular weight excluding hydrogens is 345 g/mol. The van der Waals surface area contributed by atoms with Crippen molar-refractivity contribution in [2.45, 2.75) is 12.4 Å². The molecule has 9 nitrogen and oxygen atoms in total. The molecule has 0 aliphatic rings. The number of hydrogen-bond donors (Lipinski definition) is 1. The van der Waals surface area contributed by atoms with Gasteiger partial charge in [-0.1, -0.05) is 0 Å². The van der Waals surface area contributed by atoms with E-state index in [4.69, 9.17) is 10.5 Å². The van der Waals surface area contributed by atoms with Gasteiger partial charge in [0.1, 0.15) is 5.56 Å². The molecule has 0 fully saturated rings. The second-order valence-corrected chi connectivity index (χ2v) is 5.54. The summed E-state index contributed by atoms with van der Waals surface area (Å²) in [6.45, 7) is 1.53. The van der Waals surface area contributed by atoms with Gasteiger partial charge in [-0.25, -0.2) is 9.31 Å². The SMILES string of the molecule is CCOC(=O)c1c(N)nn2ccc(OS(=O)(=O)C(F)(F)F)nc12. The molecule has 2 aromatic heterocycles. The van der Waals surface area contributed by atoms with Crippen LogP contribution >= 0.6 is 0 Å². The van der Waals surface area contributed by atoms with Crippen LogP contribution in [0.15, 0.2) is 12.3 Å². The zero-order valence-electron chi connectivity index (χ0n) is 11.4. The summed E-state index contributed by atoms with van der Waals surface area (Å²) < 4.78 is 68.4. The minimum absolute atomic E-state index is 0.00819. The Morgan fingerprint density at radius 2 is 2.09 bits per heavy atom. The number of fused-ring (bicyclic) bond motifs is 1. The van der Waals surface area contributed by atoms with E-state index in [0.29, 0.717) is 0 Å². The predicted octanol–water partition coefficient (Wildman–Crippen LogP) is 0.717. The number of nitrogens with two attached hydrogens (primary N) is 1. The number of halogens is 3. The standard InChI is InChI=1S/C10H9F3N4O5S/c1-2-21-9(18)6-7(14)16-17-4-3-5(15-8(6)17)22-23(19,20)10(11,12)13/h3-4H,2H2,1H3,(H2,14,16). The molecule has 13 heteroatoms. The van der Waals surface area contributed by atoms with Crippen LogP contribution in [-0.2, 0) is 14.9 Å². The molecule has 0 spiro atoms. The summed E-state index contributed by atoms with van der Waals surface area (Å²) in [6, 6.07) is 0.817. The first-order chi connectivity index (χ1) is 10.6. The second-order valence-electron chi connectivity index (χ2n) is 4.00. The van der Waals surface area contributed by atoms with Crippen LogP contribution in [0, 0.1) is 0 Å². The molecule has 0 radical (unpaired) electrons. The lowest BCUT2D eigenvalue weighted by Gasteiger charge is -2.08. The van der Waals surface area contributed by atoms with E-state index in [1.54, 1.807) is 0 Å². The van der Waals surface area contributed by atoms with E-state index in [2.05, 4.69) is 14.3 Å². The highest BCUT2D eigenvalue weighted by Gasteiger charge is 2.48. The number of alkyl halides is 3. The molecule has 0 saturated heterocycles. The summed E-state index contributed by atoms with van der Waals surface area (Å²) in [5.74, 6) is -2.10. The van der Waals surface area contributed by atoms with Gasteiger partial charge in [0.25, 0.3) is 0 Å². The number of hydrogen-bond acceptors (Lipinski definition) is 8. The van der Waals surface area contributed by atoms with Crippen LogP contribution in [0.1, 0.15) is 17.3 Å². The number of nitrogens with zero attached hydrogens (tertiary/aromatic N) is 3. The maximum Gasteiger partial charge on any atom is 0.534 e. The number of carbonyl (C=O) groups is 1. The minimum atomic E-state index is -5.90. The summed E-state index contributed by atoms with van der Waals surface area (Å²) in [4.78, 5) is 15.3. The molecule has 0 amide bonds. The van der Waals surface area contributed by atoms with Gasteiger partial charge in [0.15, 0.2) is 11.5 Å². The van der Waals surface area contributed by atoms with E-state index in [-0.39, 0.29) is 23.6 Å². The summed E-state index contributed by atoms with van der Waals surface area (Å²) in [6.07, 6.45) is 1.03. The van der Waals surface area contributed by atoms with Crippen LogP contribution < -0.4 is 9.92 Å². The van der Waals surface area contributed by atoms with Crippen LogP contribution in [0.5, 0.6) is 5.88 Å². The predicted molar refractivity (Wildman–Crippen MR) is 69.0 cm³/mol. The zero-order valence-corrected chi connectivity index (χ0v) is 12.2. The third-order valence-corrected chi connectivity index (χ3v) is 3.40. The maximum atomic E-state index is 12.3. The third-order valence-electron chi connectivity index (χ3n) is 2.44. The molecule has 0 saturated carbocycles. The molecule has 2 aromatic rings. The van der Waals surface area contributed by atoms with Gasteiger partial charge in [-0.2, -0.15) is 26.6 Å². The van der Waals surface area contributed by atoms with E-state index in [9.17, 15) is 26.4 Å². The van der Waals surface area contributed by atoms with Crippen molar-refractivity contribution in [3.63, 3.8) is 0 Å². The fourth-order valence-corrected chi connectivity index (χ4v) is 1.95. The highest BCUT2D eigenvalue weighted by atomic mass is 32.2. The fourth-order valence-electron chi connectivity index (χ4n) is 1.53. The zero-order chi connectivity index (χ0) is 17.4. The summed E-state index contributed by atoms with van der Waals surface area (Å²) >= 11 is 0. The summed E-state index contributed by atoms with van der Waals surface area (Å²) in [7, 11) is -5.90. The smallest absolute Gasteiger partial charge is 0.462 e. The monoisotopic (exact) mass is 354 g/mol. The molecule has 0 atom stereocenters. The quantitative estimate of drug-likeness (QED) is 0.483. The molecule has 0 aliphatic carbocycles. The third kappa shape index (κ3) is 3.13. The molecule has 23 heavy (non-hydrogen) atoms. The van der Waals surface area contributed by atoms with Gasteiger partial charge in [0, 0.05) is 12.3 Å². The molecule has 0 aliphatic heterocycles. The molecular formula is C10H9F3N4O5S. The van der Waals surface area contributed by atoms with Crippen molar-refractivity contribution in [2.75, 3.05) is 12.3 Å². The lowest BCUT2D eigenvalue weighted by atomic mass is 10.3. The fraction of sp³-hybridized carbons (Fsp3) is 0.300. The average Bonchev–Trinajstić information content (AvgIpc) is 2.72. The van der Waals surface area contributed by atoms with E-state index in [0.717, 1.165) is 16.8 Å². The Morgan fingerprint density at radius 3 is 2.65 bits per heavy atom. The lowest BCUT2D eigenvalue weighted by Crippen LogP contribution is -2.28. The highest BCUT2D eigenvalue weighted by Crippen LogP contribution is 2.27. The van der Waals surface area contributed by atoms with Gasteiger partial charge in [-0.05, 0) is 6.92 Å². The number of nitrogen functional groups attached to an aromatic ring is 1. The van der Waals surface area contributed by atoms with Gasteiger partial charge in [-0.3, -0.25) is 0 Å². The van der Waals surface area contributed by atoms with Crippen molar-refractivity contribution >= 4 is 27.6 Å². The first-order valence-electron chi connectivity index (χ1n) is 5.89. The molecule has 0 aromatic carbocycles. The van der Waals surface area contributed by atoms with E-state index in [1.807, 2.05) is 0 Å². The van der Waals surface area contributed by atoms with Crippen LogP contribution in [0.3, 0.4) is 0 Å². The number of aromatic nitrogens is 3. The summed E-state index contributed by atoms with van der Waals surface area (Å²) in [5, 5.41) is 3.71. The van der Waals surface area contributed by atoms with Crippen molar-refractivity contribution < 1.29 is 35.3 Å². The Bertz CT molecular complexity index is 861. The molecule has 2 heterocycles. The van der Waals surface area contributed by atoms with Crippen LogP contribution in [0.25, 0.3) is 5.65 Å². The Hall–Kier alpha value is -2.57. The number of rotatable bonds is 4. The molecule has 2 N–H and O–H groups in total. The number of ether oxygens (including phenoxy) is 1. The van der Waals surface area contributed by atoms with Crippen molar-refractivity contribution in [3.8, 4) is 5.88 Å². The van der Waals surface area contributed by atoms with Gasteiger partial charge < -0.3 is 14.7 Å². The maximum absolute atomic E-state index is 12.3. The van der Waals surface area contributed by atoms with Crippen molar-refractivity contribution in [1.82, 2.24) is 14.6 Å². The Balaban J connectivity index is 2.50. The largest absolute Gasteiger partial charge is 0.534 e. The lowest BCUT2D eigenvalue weighted by molar-refractivity contribution is -0.0501. The van der Waals surface area contributed by atoms with Gasteiger partial charge in [0.2, 0.25) is 5.88 Å². The topological polar surface area (TPSA) is 126 Å². The van der Waals surface area contributed by atoms with Gasteiger partial charge in [0.05, 0.1) is 6.61 Å². The molecule has 2 rings (SSSR count). The molecule has 0 bridgehead atoms. The summed E-state index contributed by atoms with van der Waals surface area (Å²) in [5.41, 5.74) is -0.729. The number of esters is 1. The van der Waals surface area contributed by atoms with Crippen LogP contribution in [0.2, 0.25) is 0 Å². The van der Waals surface area contributed by atoms with Crippen LogP contribution in [-0.4, -0.2) is 41.1 Å². The number of carbonyl (C=O) groups excluding carboxylic acids is 1. The molecule has 0 unspecified atom stereocenters. The average molecular weight is 354 g/mol. The normalized spacial score (nSPS) is 12.3. The van der Waals surface area contributed by atoms with Gasteiger partial charge in [-0.15, -0.1) is 5.10 Å². The Kier molecular flexibility index (Phi) is 4.07. The van der Waals surface area contributed by atoms with E-state index >= 15 is 0 Å². The highest BCUT2D eigenvalue weighted by molar-refractivity contribution is 7.87. The minimum Gasteiger partial charge on any atom is -0.462 e. The van der Waals surface area contributed by atoms with Gasteiger partial charge >= 0.3 is 21.6 Å². The first-order valence-corrected chi connectivity index (χ1v) is 7.30. The van der Waals surface area contributed by atoms with E-state index < -0.39 is 27.5 Å². The molecule has 126 valence electrons. The Labute approximate surface area is 126 Å². The van der Waals surface area contributed by atoms with E-state index in [1.165, 1.54) is 6.92 Å². The van der Waals surface area contributed by atoms with Crippen molar-refractivity contribution in [1.29, 1.82) is 0 Å². The first kappa shape index (κ1) is 16.8. The second kappa shape index (κ2) is 5.57.